The topological polar surface area (TPSA) is 72.3 Å². The van der Waals surface area contributed by atoms with Gasteiger partial charge in [-0.25, -0.2) is 9.97 Å². The molecule has 0 unspecified atom stereocenters. The van der Waals surface area contributed by atoms with Crippen molar-refractivity contribution in [2.45, 2.75) is 24.6 Å². The Labute approximate surface area is 173 Å². The van der Waals surface area contributed by atoms with Crippen LogP contribution in [0.2, 0.25) is 5.02 Å². The molecule has 29 heavy (non-hydrogen) atoms. The van der Waals surface area contributed by atoms with E-state index in [1.807, 2.05) is 35.9 Å². The van der Waals surface area contributed by atoms with E-state index in [1.54, 1.807) is 18.6 Å². The second kappa shape index (κ2) is 7.40. The zero-order valence-corrected chi connectivity index (χ0v) is 16.8. The quantitative estimate of drug-likeness (QED) is 0.717. The first-order chi connectivity index (χ1) is 14.1. The largest absolute Gasteiger partial charge is 0.371 e. The molecular weight excluding hydrogens is 390 g/mol. The fraction of sp³-hybridized carbons (Fsp3) is 0.381. The van der Waals surface area contributed by atoms with Crippen molar-refractivity contribution in [2.24, 2.45) is 7.05 Å². The van der Waals surface area contributed by atoms with Gasteiger partial charge in [0.2, 0.25) is 0 Å². The number of fused-ring (bicyclic) bond motifs is 2. The molecule has 2 aliphatic rings. The van der Waals surface area contributed by atoms with E-state index in [0.29, 0.717) is 18.2 Å². The molecule has 2 aliphatic heterocycles. The molecule has 0 spiro atoms. The summed E-state index contributed by atoms with van der Waals surface area (Å²) in [5, 5.41) is 3.88. The molecule has 150 valence electrons. The molecule has 5 rings (SSSR count). The number of hydrogen-bond acceptors (Lipinski definition) is 5. The summed E-state index contributed by atoms with van der Waals surface area (Å²) in [5.41, 5.74) is 3.17. The summed E-state index contributed by atoms with van der Waals surface area (Å²) < 4.78 is 7.92. The molecule has 8 heteroatoms. The average Bonchev–Trinajstić information content (AvgIpc) is 3.30. The number of benzene rings is 1. The third-order valence-corrected chi connectivity index (χ3v) is 6.06. The second-order valence-electron chi connectivity index (χ2n) is 7.81. The van der Waals surface area contributed by atoms with E-state index in [4.69, 9.17) is 16.3 Å². The van der Waals surface area contributed by atoms with Crippen LogP contribution in [0, 0.1) is 0 Å². The van der Waals surface area contributed by atoms with Crippen molar-refractivity contribution < 1.29 is 9.53 Å². The molecule has 3 aromatic rings. The summed E-state index contributed by atoms with van der Waals surface area (Å²) in [6.07, 6.45) is 4.24. The summed E-state index contributed by atoms with van der Waals surface area (Å²) in [6.45, 7) is 2.31. The van der Waals surface area contributed by atoms with E-state index in [9.17, 15) is 4.79 Å². The van der Waals surface area contributed by atoms with Gasteiger partial charge in [-0.2, -0.15) is 0 Å². The van der Waals surface area contributed by atoms with Gasteiger partial charge in [0.05, 0.1) is 24.6 Å². The number of hydrogen-bond donors (Lipinski definition) is 1. The van der Waals surface area contributed by atoms with Gasteiger partial charge < -0.3 is 14.6 Å². The summed E-state index contributed by atoms with van der Waals surface area (Å²) >= 11 is 5.99. The Bertz CT molecular complexity index is 1050. The molecule has 0 bridgehead atoms. The fourth-order valence-electron chi connectivity index (χ4n) is 4.27. The van der Waals surface area contributed by atoms with Crippen LogP contribution in [0.5, 0.6) is 0 Å². The molecule has 0 radical (unpaired) electrons. The smallest absolute Gasteiger partial charge is 0.253 e. The predicted molar refractivity (Wildman–Crippen MR) is 110 cm³/mol. The van der Waals surface area contributed by atoms with Crippen LogP contribution in [0.4, 0.5) is 0 Å². The molecule has 4 heterocycles. The SMILES string of the molecule is Cn1cnc2cc(C(=O)N[C@H]3C[C@H]4CO[C@@H](c5ccc(Cl)cc5)CN4C3)cnc21. The average molecular weight is 412 g/mol. The highest BCUT2D eigenvalue weighted by molar-refractivity contribution is 6.30. The van der Waals surface area contributed by atoms with Crippen LogP contribution < -0.4 is 5.32 Å². The van der Waals surface area contributed by atoms with Crippen molar-refractivity contribution in [2.75, 3.05) is 19.7 Å². The normalized spacial score (nSPS) is 24.6. The molecule has 0 aliphatic carbocycles. The molecule has 1 amide bonds. The molecule has 3 atom stereocenters. The third kappa shape index (κ3) is 3.61. The van der Waals surface area contributed by atoms with Crippen LogP contribution in [0.3, 0.4) is 0 Å². The van der Waals surface area contributed by atoms with Crippen molar-refractivity contribution >= 4 is 28.7 Å². The highest BCUT2D eigenvalue weighted by Crippen LogP contribution is 2.31. The van der Waals surface area contributed by atoms with E-state index in [2.05, 4.69) is 20.2 Å². The maximum atomic E-state index is 12.7. The van der Waals surface area contributed by atoms with Crippen molar-refractivity contribution in [1.82, 2.24) is 24.8 Å². The minimum atomic E-state index is -0.106. The molecule has 2 saturated heterocycles. The summed E-state index contributed by atoms with van der Waals surface area (Å²) in [6, 6.07) is 10.0. The lowest BCUT2D eigenvalue weighted by atomic mass is 10.1. The maximum absolute atomic E-state index is 12.7. The van der Waals surface area contributed by atoms with Crippen molar-refractivity contribution in [3.63, 3.8) is 0 Å². The van der Waals surface area contributed by atoms with Crippen LogP contribution in [0.1, 0.15) is 28.4 Å². The maximum Gasteiger partial charge on any atom is 0.253 e. The van der Waals surface area contributed by atoms with Gasteiger partial charge in [-0.1, -0.05) is 23.7 Å². The summed E-state index contributed by atoms with van der Waals surface area (Å²) in [7, 11) is 1.89. The van der Waals surface area contributed by atoms with E-state index < -0.39 is 0 Å². The Hall–Kier alpha value is -2.48. The van der Waals surface area contributed by atoms with Crippen LogP contribution in [-0.2, 0) is 11.8 Å². The molecule has 0 saturated carbocycles. The number of imidazole rings is 1. The van der Waals surface area contributed by atoms with Gasteiger partial charge in [0.1, 0.15) is 5.52 Å². The first-order valence-corrected chi connectivity index (χ1v) is 10.1. The number of amides is 1. The number of nitrogens with one attached hydrogen (secondary N) is 1. The van der Waals surface area contributed by atoms with Gasteiger partial charge in [-0.3, -0.25) is 9.69 Å². The highest BCUT2D eigenvalue weighted by Gasteiger charge is 2.38. The van der Waals surface area contributed by atoms with Gasteiger partial charge in [-0.15, -0.1) is 0 Å². The Balaban J connectivity index is 1.23. The van der Waals surface area contributed by atoms with Crippen LogP contribution in [-0.4, -0.2) is 57.1 Å². The Morgan fingerprint density at radius 1 is 1.24 bits per heavy atom. The number of nitrogens with zero attached hydrogens (tertiary/aromatic N) is 4. The van der Waals surface area contributed by atoms with Gasteiger partial charge in [0, 0.05) is 43.4 Å². The predicted octanol–water partition coefficient (Wildman–Crippen LogP) is 2.57. The fourth-order valence-corrected chi connectivity index (χ4v) is 4.39. The highest BCUT2D eigenvalue weighted by atomic mass is 35.5. The van der Waals surface area contributed by atoms with Gasteiger partial charge in [0.15, 0.2) is 5.65 Å². The zero-order chi connectivity index (χ0) is 20.0. The molecule has 7 nitrogen and oxygen atoms in total. The Morgan fingerprint density at radius 2 is 2.07 bits per heavy atom. The minimum absolute atomic E-state index is 0.0359. The van der Waals surface area contributed by atoms with Crippen LogP contribution in [0.15, 0.2) is 42.9 Å². The number of rotatable bonds is 3. The van der Waals surface area contributed by atoms with Crippen molar-refractivity contribution in [3.05, 3.63) is 59.0 Å². The Kier molecular flexibility index (Phi) is 4.73. The number of aromatic nitrogens is 3. The van der Waals surface area contributed by atoms with E-state index in [1.165, 1.54) is 0 Å². The number of morpholine rings is 1. The summed E-state index contributed by atoms with van der Waals surface area (Å²) in [4.78, 5) is 23.8. The number of carbonyl (C=O) groups is 1. The first kappa shape index (κ1) is 18.5. The second-order valence-corrected chi connectivity index (χ2v) is 8.25. The lowest BCUT2D eigenvalue weighted by Gasteiger charge is -2.35. The Morgan fingerprint density at radius 3 is 2.90 bits per heavy atom. The number of halogens is 1. The molecular formula is C21H22ClN5O2. The van der Waals surface area contributed by atoms with Crippen LogP contribution in [0.25, 0.3) is 11.2 Å². The van der Waals surface area contributed by atoms with Gasteiger partial charge in [-0.05, 0) is 30.2 Å². The standard InChI is InChI=1S/C21H22ClN5O2/c1-26-12-24-18-6-14(8-23-20(18)26)21(28)25-16-7-17-11-29-19(10-27(17)9-16)13-2-4-15(22)5-3-13/h2-6,8,12,16-17,19H,7,9-11H2,1H3,(H,25,28)/t16-,17-,19+/m0/s1. The van der Waals surface area contributed by atoms with Crippen molar-refractivity contribution in [3.8, 4) is 0 Å². The zero-order valence-electron chi connectivity index (χ0n) is 16.1. The lowest BCUT2D eigenvalue weighted by Crippen LogP contribution is -2.43. The monoisotopic (exact) mass is 411 g/mol. The number of carbonyl (C=O) groups excluding carboxylic acids is 1. The molecule has 2 fully saturated rings. The third-order valence-electron chi connectivity index (χ3n) is 5.81. The van der Waals surface area contributed by atoms with E-state index in [-0.39, 0.29) is 18.1 Å². The summed E-state index contributed by atoms with van der Waals surface area (Å²) in [5.74, 6) is -0.106. The van der Waals surface area contributed by atoms with E-state index in [0.717, 1.165) is 41.3 Å². The van der Waals surface area contributed by atoms with Crippen LogP contribution >= 0.6 is 11.6 Å². The van der Waals surface area contributed by atoms with Crippen molar-refractivity contribution in [1.29, 1.82) is 0 Å². The lowest BCUT2D eigenvalue weighted by molar-refractivity contribution is -0.0502. The number of ether oxygens (including phenoxy) is 1. The van der Waals surface area contributed by atoms with Gasteiger partial charge in [0.25, 0.3) is 5.91 Å². The molecule has 1 N–H and O–H groups in total. The molecule has 2 aromatic heterocycles. The van der Waals surface area contributed by atoms with E-state index >= 15 is 0 Å². The first-order valence-electron chi connectivity index (χ1n) is 9.76. The minimum Gasteiger partial charge on any atom is -0.371 e. The number of pyridine rings is 1. The molecule has 1 aromatic carbocycles. The van der Waals surface area contributed by atoms with Gasteiger partial charge >= 0.3 is 0 Å². The number of aryl methyl sites for hydroxylation is 1.